The van der Waals surface area contributed by atoms with Crippen LogP contribution in [0.15, 0.2) is 23.7 Å². The van der Waals surface area contributed by atoms with E-state index in [9.17, 15) is 0 Å². The summed E-state index contributed by atoms with van der Waals surface area (Å²) in [5.74, 6) is 0. The van der Waals surface area contributed by atoms with Crippen molar-refractivity contribution in [2.45, 2.75) is 20.0 Å². The predicted molar refractivity (Wildman–Crippen MR) is 76.7 cm³/mol. The first-order valence-electron chi connectivity index (χ1n) is 6.43. The summed E-state index contributed by atoms with van der Waals surface area (Å²) in [4.78, 5) is 11.1. The Hall–Kier alpha value is -1.46. The SMILES string of the molecule is Cc1cc(N2CCOC(c3nc(C)cs3)C2)ccn1. The molecule has 0 amide bonds. The average molecular weight is 275 g/mol. The standard InChI is InChI=1S/C14H17N3OS/c1-10-7-12(3-4-15-10)17-5-6-18-13(8-17)14-16-11(2)9-19-14/h3-4,7,9,13H,5-6,8H2,1-2H3. The monoisotopic (exact) mass is 275 g/mol. The van der Waals surface area contributed by atoms with E-state index in [1.54, 1.807) is 11.3 Å². The highest BCUT2D eigenvalue weighted by molar-refractivity contribution is 7.09. The van der Waals surface area contributed by atoms with Crippen molar-refractivity contribution in [2.75, 3.05) is 24.6 Å². The molecular formula is C14H17N3OS. The highest BCUT2D eigenvalue weighted by Gasteiger charge is 2.24. The second kappa shape index (κ2) is 5.27. The van der Waals surface area contributed by atoms with Gasteiger partial charge in [0.1, 0.15) is 11.1 Å². The quantitative estimate of drug-likeness (QED) is 0.844. The topological polar surface area (TPSA) is 38.2 Å². The Balaban J connectivity index is 1.78. The van der Waals surface area contributed by atoms with Crippen LogP contribution in [0.5, 0.6) is 0 Å². The Kier molecular flexibility index (Phi) is 3.48. The molecule has 4 nitrogen and oxygen atoms in total. The van der Waals surface area contributed by atoms with Crippen LogP contribution in [0.2, 0.25) is 0 Å². The summed E-state index contributed by atoms with van der Waals surface area (Å²) in [6.45, 7) is 6.56. The molecular weight excluding hydrogens is 258 g/mol. The van der Waals surface area contributed by atoms with Gasteiger partial charge in [-0.2, -0.15) is 0 Å². The maximum atomic E-state index is 5.85. The largest absolute Gasteiger partial charge is 0.367 e. The molecule has 2 aromatic rings. The van der Waals surface area contributed by atoms with E-state index in [4.69, 9.17) is 4.74 Å². The summed E-state index contributed by atoms with van der Waals surface area (Å²) in [5.41, 5.74) is 3.33. The number of aryl methyl sites for hydroxylation is 2. The first-order valence-corrected chi connectivity index (χ1v) is 7.31. The molecule has 1 unspecified atom stereocenters. The van der Waals surface area contributed by atoms with Crippen molar-refractivity contribution in [3.05, 3.63) is 40.1 Å². The van der Waals surface area contributed by atoms with Crippen LogP contribution in [0.25, 0.3) is 0 Å². The van der Waals surface area contributed by atoms with Crippen LogP contribution in [0.3, 0.4) is 0 Å². The summed E-state index contributed by atoms with van der Waals surface area (Å²) < 4.78 is 5.85. The van der Waals surface area contributed by atoms with E-state index < -0.39 is 0 Å². The Morgan fingerprint density at radius 2 is 2.26 bits per heavy atom. The van der Waals surface area contributed by atoms with Crippen LogP contribution in [0.4, 0.5) is 5.69 Å². The van der Waals surface area contributed by atoms with Gasteiger partial charge in [-0.3, -0.25) is 4.98 Å². The van der Waals surface area contributed by atoms with Gasteiger partial charge in [0.15, 0.2) is 0 Å². The van der Waals surface area contributed by atoms with Crippen LogP contribution in [0.1, 0.15) is 22.5 Å². The van der Waals surface area contributed by atoms with E-state index in [2.05, 4.69) is 32.4 Å². The normalized spacial score (nSPS) is 19.7. The van der Waals surface area contributed by atoms with Gasteiger partial charge in [-0.15, -0.1) is 11.3 Å². The predicted octanol–water partition coefficient (Wildman–Crippen LogP) is 2.73. The summed E-state index contributed by atoms with van der Waals surface area (Å²) in [6.07, 6.45) is 1.95. The third-order valence-corrected chi connectivity index (χ3v) is 4.28. The zero-order valence-corrected chi connectivity index (χ0v) is 12.0. The molecule has 19 heavy (non-hydrogen) atoms. The average Bonchev–Trinajstić information content (AvgIpc) is 2.86. The molecule has 1 aliphatic heterocycles. The molecule has 1 fully saturated rings. The molecule has 0 bridgehead atoms. The molecule has 100 valence electrons. The van der Waals surface area contributed by atoms with Crippen molar-refractivity contribution in [1.82, 2.24) is 9.97 Å². The summed E-state index contributed by atoms with van der Waals surface area (Å²) >= 11 is 1.68. The van der Waals surface area contributed by atoms with Gasteiger partial charge < -0.3 is 9.64 Å². The van der Waals surface area contributed by atoms with Crippen LogP contribution in [-0.2, 0) is 4.74 Å². The smallest absolute Gasteiger partial charge is 0.126 e. The van der Waals surface area contributed by atoms with Crippen molar-refractivity contribution < 1.29 is 4.74 Å². The van der Waals surface area contributed by atoms with Gasteiger partial charge in [-0.25, -0.2) is 4.98 Å². The Labute approximate surface area is 117 Å². The molecule has 0 aromatic carbocycles. The maximum absolute atomic E-state index is 5.85. The number of morpholine rings is 1. The highest BCUT2D eigenvalue weighted by Crippen LogP contribution is 2.28. The van der Waals surface area contributed by atoms with E-state index in [1.807, 2.05) is 20.0 Å². The molecule has 3 heterocycles. The lowest BCUT2D eigenvalue weighted by atomic mass is 10.2. The summed E-state index contributed by atoms with van der Waals surface area (Å²) in [7, 11) is 0. The molecule has 0 saturated carbocycles. The van der Waals surface area contributed by atoms with Crippen LogP contribution >= 0.6 is 11.3 Å². The van der Waals surface area contributed by atoms with E-state index in [0.717, 1.165) is 36.1 Å². The number of thiazole rings is 1. The van der Waals surface area contributed by atoms with Gasteiger partial charge >= 0.3 is 0 Å². The van der Waals surface area contributed by atoms with Gasteiger partial charge in [0.2, 0.25) is 0 Å². The van der Waals surface area contributed by atoms with Gasteiger partial charge in [-0.05, 0) is 26.0 Å². The fourth-order valence-electron chi connectivity index (χ4n) is 2.28. The summed E-state index contributed by atoms with van der Waals surface area (Å²) in [5, 5.41) is 3.15. The minimum Gasteiger partial charge on any atom is -0.367 e. The lowest BCUT2D eigenvalue weighted by Crippen LogP contribution is -2.38. The second-order valence-corrected chi connectivity index (χ2v) is 5.68. The molecule has 1 atom stereocenters. The Bertz CT molecular complexity index is 569. The molecule has 1 aliphatic rings. The Morgan fingerprint density at radius 3 is 3.00 bits per heavy atom. The van der Waals surface area contributed by atoms with Crippen LogP contribution in [0, 0.1) is 13.8 Å². The van der Waals surface area contributed by atoms with E-state index in [-0.39, 0.29) is 6.10 Å². The van der Waals surface area contributed by atoms with Gasteiger partial charge in [-0.1, -0.05) is 0 Å². The van der Waals surface area contributed by atoms with Crippen molar-refractivity contribution >= 4 is 17.0 Å². The first kappa shape index (κ1) is 12.6. The van der Waals surface area contributed by atoms with E-state index in [0.29, 0.717) is 0 Å². The van der Waals surface area contributed by atoms with Crippen LogP contribution in [-0.4, -0.2) is 29.7 Å². The fraction of sp³-hybridized carbons (Fsp3) is 0.429. The maximum Gasteiger partial charge on any atom is 0.126 e. The Morgan fingerprint density at radius 1 is 1.37 bits per heavy atom. The number of anilines is 1. The molecule has 0 aliphatic carbocycles. The molecule has 5 heteroatoms. The highest BCUT2D eigenvalue weighted by atomic mass is 32.1. The number of hydrogen-bond acceptors (Lipinski definition) is 5. The first-order chi connectivity index (χ1) is 9.22. The molecule has 1 saturated heterocycles. The fourth-order valence-corrected chi connectivity index (χ4v) is 3.12. The number of nitrogens with zero attached hydrogens (tertiary/aromatic N) is 3. The minimum atomic E-state index is 0.0842. The van der Waals surface area contributed by atoms with Crippen molar-refractivity contribution in [3.63, 3.8) is 0 Å². The number of pyridine rings is 1. The van der Waals surface area contributed by atoms with Crippen molar-refractivity contribution in [2.24, 2.45) is 0 Å². The third-order valence-electron chi connectivity index (χ3n) is 3.22. The van der Waals surface area contributed by atoms with Gasteiger partial charge in [0.25, 0.3) is 0 Å². The zero-order chi connectivity index (χ0) is 13.2. The number of aromatic nitrogens is 2. The molecule has 2 aromatic heterocycles. The molecule has 0 N–H and O–H groups in total. The molecule has 0 radical (unpaired) electrons. The lowest BCUT2D eigenvalue weighted by Gasteiger charge is -2.33. The number of ether oxygens (including phenoxy) is 1. The van der Waals surface area contributed by atoms with Crippen LogP contribution < -0.4 is 4.90 Å². The van der Waals surface area contributed by atoms with E-state index in [1.165, 1.54) is 5.69 Å². The van der Waals surface area contributed by atoms with Gasteiger partial charge in [0, 0.05) is 35.2 Å². The lowest BCUT2D eigenvalue weighted by molar-refractivity contribution is 0.0396. The zero-order valence-electron chi connectivity index (χ0n) is 11.2. The van der Waals surface area contributed by atoms with Crippen molar-refractivity contribution in [1.29, 1.82) is 0 Å². The van der Waals surface area contributed by atoms with E-state index >= 15 is 0 Å². The number of hydrogen-bond donors (Lipinski definition) is 0. The minimum absolute atomic E-state index is 0.0842. The summed E-state index contributed by atoms with van der Waals surface area (Å²) in [6, 6.07) is 4.18. The molecule has 0 spiro atoms. The van der Waals surface area contributed by atoms with Gasteiger partial charge in [0.05, 0.1) is 13.2 Å². The molecule has 3 rings (SSSR count). The van der Waals surface area contributed by atoms with Crippen molar-refractivity contribution in [3.8, 4) is 0 Å². The second-order valence-electron chi connectivity index (χ2n) is 4.79. The third kappa shape index (κ3) is 2.77. The number of rotatable bonds is 2.